The summed E-state index contributed by atoms with van der Waals surface area (Å²) < 4.78 is 32.5. The Bertz CT molecular complexity index is 1340. The van der Waals surface area contributed by atoms with Gasteiger partial charge in [-0.25, -0.2) is 8.42 Å². The number of aromatic nitrogens is 2. The van der Waals surface area contributed by atoms with Crippen molar-refractivity contribution in [3.8, 4) is 11.4 Å². The number of aryl methyl sites for hydroxylation is 1. The number of carbonyl (C=O) groups is 1. The van der Waals surface area contributed by atoms with Gasteiger partial charge in [0.2, 0.25) is 5.13 Å². The van der Waals surface area contributed by atoms with Crippen molar-refractivity contribution >= 4 is 38.3 Å². The largest absolute Gasteiger partial charge is 0.297 e. The first-order valence-electron chi connectivity index (χ1n) is 9.87. The molecule has 0 aliphatic carbocycles. The summed E-state index contributed by atoms with van der Waals surface area (Å²) in [7, 11) is -3.85. The first-order valence-corrected chi connectivity index (χ1v) is 12.1. The number of hydrogen-bond acceptors (Lipinski definition) is 6. The summed E-state index contributed by atoms with van der Waals surface area (Å²) in [5, 5.41) is 3.02. The Morgan fingerprint density at radius 1 is 0.938 bits per heavy atom. The smallest absolute Gasteiger partial charge is 0.261 e. The van der Waals surface area contributed by atoms with Crippen molar-refractivity contribution in [3.63, 3.8) is 0 Å². The van der Waals surface area contributed by atoms with Crippen LogP contribution in [0.5, 0.6) is 0 Å². The van der Waals surface area contributed by atoms with E-state index in [2.05, 4.69) is 19.4 Å². The minimum absolute atomic E-state index is 0.126. The van der Waals surface area contributed by atoms with E-state index < -0.39 is 15.9 Å². The normalized spacial score (nSPS) is 11.2. The van der Waals surface area contributed by atoms with Gasteiger partial charge in [-0.05, 0) is 36.2 Å². The highest BCUT2D eigenvalue weighted by Gasteiger charge is 2.19. The number of hydrogen-bond donors (Lipinski definition) is 2. The zero-order chi connectivity index (χ0) is 22.6. The van der Waals surface area contributed by atoms with Crippen LogP contribution < -0.4 is 10.0 Å². The van der Waals surface area contributed by atoms with Crippen molar-refractivity contribution in [2.45, 2.75) is 18.2 Å². The van der Waals surface area contributed by atoms with Gasteiger partial charge in [0.05, 0.1) is 16.1 Å². The second-order valence-corrected chi connectivity index (χ2v) is 9.33. The van der Waals surface area contributed by atoms with Gasteiger partial charge in [-0.15, -0.1) is 0 Å². The van der Waals surface area contributed by atoms with Crippen molar-refractivity contribution in [3.05, 3.63) is 90.0 Å². The molecule has 32 heavy (non-hydrogen) atoms. The number of rotatable bonds is 7. The minimum atomic E-state index is -3.85. The van der Waals surface area contributed by atoms with Gasteiger partial charge in [0.1, 0.15) is 0 Å². The number of nitrogens with zero attached hydrogens (tertiary/aromatic N) is 2. The Kier molecular flexibility index (Phi) is 6.29. The fourth-order valence-electron chi connectivity index (χ4n) is 3.02. The summed E-state index contributed by atoms with van der Waals surface area (Å²) in [4.78, 5) is 17.4. The highest BCUT2D eigenvalue weighted by Crippen LogP contribution is 2.24. The average Bonchev–Trinajstić information content (AvgIpc) is 3.28. The predicted octanol–water partition coefficient (Wildman–Crippen LogP) is 4.82. The zero-order valence-electron chi connectivity index (χ0n) is 17.1. The second-order valence-electron chi connectivity index (χ2n) is 6.89. The Morgan fingerprint density at radius 2 is 1.62 bits per heavy atom. The molecule has 1 aromatic heterocycles. The van der Waals surface area contributed by atoms with Gasteiger partial charge >= 0.3 is 0 Å². The molecule has 0 atom stereocenters. The quantitative estimate of drug-likeness (QED) is 0.408. The van der Waals surface area contributed by atoms with Crippen LogP contribution in [-0.2, 0) is 16.4 Å². The highest BCUT2D eigenvalue weighted by molar-refractivity contribution is 7.92. The fourth-order valence-corrected chi connectivity index (χ4v) is 4.69. The summed E-state index contributed by atoms with van der Waals surface area (Å²) in [5.74, 6) is 0.0239. The van der Waals surface area contributed by atoms with Crippen molar-refractivity contribution in [1.29, 1.82) is 0 Å². The molecule has 0 unspecified atom stereocenters. The molecule has 0 fully saturated rings. The third-order valence-corrected chi connectivity index (χ3v) is 6.75. The molecule has 0 spiro atoms. The number of nitrogens with one attached hydrogen (secondary N) is 2. The van der Waals surface area contributed by atoms with E-state index in [9.17, 15) is 13.2 Å². The lowest BCUT2D eigenvalue weighted by Crippen LogP contribution is -2.18. The summed E-state index contributed by atoms with van der Waals surface area (Å²) >= 11 is 1.05. The number of para-hydroxylation sites is 1. The molecule has 4 rings (SSSR count). The Hall–Kier alpha value is -3.56. The van der Waals surface area contributed by atoms with Crippen molar-refractivity contribution < 1.29 is 13.2 Å². The summed E-state index contributed by atoms with van der Waals surface area (Å²) in [5.41, 5.74) is 2.23. The van der Waals surface area contributed by atoms with Crippen LogP contribution in [0.2, 0.25) is 0 Å². The standard InChI is InChI=1S/C23H20N4O3S2/c1-2-16-12-14-18(15-13-16)32(29,30)27-20-11-7-6-10-19(20)22(28)25-23-24-21(26-31-23)17-8-4-3-5-9-17/h3-15,27H,2H2,1H3,(H,24,25,26,28). The third kappa shape index (κ3) is 4.84. The summed E-state index contributed by atoms with van der Waals surface area (Å²) in [6, 6.07) is 22.5. The van der Waals surface area contributed by atoms with E-state index in [1.165, 1.54) is 0 Å². The fraction of sp³-hybridized carbons (Fsp3) is 0.0870. The van der Waals surface area contributed by atoms with Crippen LogP contribution in [-0.4, -0.2) is 23.7 Å². The molecule has 7 nitrogen and oxygen atoms in total. The molecule has 0 radical (unpaired) electrons. The second kappa shape index (κ2) is 9.29. The predicted molar refractivity (Wildman–Crippen MR) is 126 cm³/mol. The molecular weight excluding hydrogens is 444 g/mol. The number of anilines is 2. The lowest BCUT2D eigenvalue weighted by atomic mass is 10.2. The first kappa shape index (κ1) is 21.7. The summed E-state index contributed by atoms with van der Waals surface area (Å²) in [6.07, 6.45) is 0.814. The first-order chi connectivity index (χ1) is 15.5. The van der Waals surface area contributed by atoms with E-state index in [4.69, 9.17) is 0 Å². The maximum absolute atomic E-state index is 12.9. The molecule has 9 heteroatoms. The maximum atomic E-state index is 12.9. The van der Waals surface area contributed by atoms with Gasteiger partial charge in [-0.1, -0.05) is 61.5 Å². The number of amides is 1. The molecule has 2 N–H and O–H groups in total. The molecule has 0 aliphatic rings. The van der Waals surface area contributed by atoms with Crippen molar-refractivity contribution in [1.82, 2.24) is 9.36 Å². The maximum Gasteiger partial charge on any atom is 0.261 e. The molecule has 1 heterocycles. The third-order valence-electron chi connectivity index (χ3n) is 4.74. The van der Waals surface area contributed by atoms with Crippen molar-refractivity contribution in [2.24, 2.45) is 0 Å². The van der Waals surface area contributed by atoms with Crippen LogP contribution in [0.15, 0.2) is 83.8 Å². The number of benzene rings is 3. The number of sulfonamides is 1. The van der Waals surface area contributed by atoms with Crippen LogP contribution >= 0.6 is 11.5 Å². The lowest BCUT2D eigenvalue weighted by Gasteiger charge is -2.12. The lowest BCUT2D eigenvalue weighted by molar-refractivity contribution is 0.102. The summed E-state index contributed by atoms with van der Waals surface area (Å²) in [6.45, 7) is 2.00. The Labute approximate surface area is 190 Å². The molecule has 4 aromatic rings. The van der Waals surface area contributed by atoms with E-state index in [1.54, 1.807) is 48.5 Å². The van der Waals surface area contributed by atoms with Gasteiger partial charge in [-0.2, -0.15) is 9.36 Å². The SMILES string of the molecule is CCc1ccc(S(=O)(=O)Nc2ccccc2C(=O)Nc2nc(-c3ccccc3)ns2)cc1. The Morgan fingerprint density at radius 3 is 2.34 bits per heavy atom. The van der Waals surface area contributed by atoms with Gasteiger partial charge < -0.3 is 0 Å². The van der Waals surface area contributed by atoms with E-state index >= 15 is 0 Å². The zero-order valence-corrected chi connectivity index (χ0v) is 18.8. The molecule has 0 bridgehead atoms. The monoisotopic (exact) mass is 464 g/mol. The van der Waals surface area contributed by atoms with Gasteiger partial charge in [-0.3, -0.25) is 14.8 Å². The van der Waals surface area contributed by atoms with Gasteiger partial charge in [0, 0.05) is 17.1 Å². The molecule has 0 saturated heterocycles. The number of carbonyl (C=O) groups excluding carboxylic acids is 1. The minimum Gasteiger partial charge on any atom is -0.297 e. The van der Waals surface area contributed by atoms with Gasteiger partial charge in [0.15, 0.2) is 5.82 Å². The van der Waals surface area contributed by atoms with Gasteiger partial charge in [0.25, 0.3) is 15.9 Å². The molecular formula is C23H20N4O3S2. The van der Waals surface area contributed by atoms with Crippen molar-refractivity contribution in [2.75, 3.05) is 10.0 Å². The van der Waals surface area contributed by atoms with Crippen LogP contribution in [0.4, 0.5) is 10.8 Å². The topological polar surface area (TPSA) is 101 Å². The molecule has 0 saturated carbocycles. The van der Waals surface area contributed by atoms with Crippen LogP contribution in [0.3, 0.4) is 0 Å². The van der Waals surface area contributed by atoms with Crippen LogP contribution in [0.25, 0.3) is 11.4 Å². The highest BCUT2D eigenvalue weighted by atomic mass is 32.2. The molecule has 0 aliphatic heterocycles. The van der Waals surface area contributed by atoms with Crippen LogP contribution in [0.1, 0.15) is 22.8 Å². The molecule has 1 amide bonds. The van der Waals surface area contributed by atoms with E-state index in [0.717, 1.165) is 29.1 Å². The van der Waals surface area contributed by atoms with Crippen LogP contribution in [0, 0.1) is 0 Å². The Balaban J connectivity index is 1.54. The molecule has 3 aromatic carbocycles. The van der Waals surface area contributed by atoms with E-state index in [-0.39, 0.29) is 16.1 Å². The van der Waals surface area contributed by atoms with E-state index in [1.807, 2.05) is 37.3 Å². The molecule has 162 valence electrons. The average molecular weight is 465 g/mol. The van der Waals surface area contributed by atoms with E-state index in [0.29, 0.717) is 11.0 Å².